The maximum Gasteiger partial charge on any atom is 0.433 e. The molecule has 11 heteroatoms. The molecule has 0 aliphatic heterocycles. The van der Waals surface area contributed by atoms with Gasteiger partial charge in [-0.2, -0.15) is 22.7 Å². The lowest BCUT2D eigenvalue weighted by Gasteiger charge is -2.22. The van der Waals surface area contributed by atoms with E-state index in [4.69, 9.17) is 4.79 Å². The van der Waals surface area contributed by atoms with Crippen LogP contribution in [0.2, 0.25) is 0 Å². The normalized spacial score (nSPS) is 11.1. The molecule has 0 aliphatic carbocycles. The molecule has 0 fully saturated rings. The largest absolute Gasteiger partial charge is 0.433 e. The second-order valence-corrected chi connectivity index (χ2v) is 7.73. The van der Waals surface area contributed by atoms with E-state index in [1.165, 1.54) is 24.5 Å². The van der Waals surface area contributed by atoms with Gasteiger partial charge in [0.05, 0.1) is 6.20 Å². The fourth-order valence-corrected chi connectivity index (χ4v) is 3.41. The molecule has 0 aliphatic rings. The number of pyridine rings is 2. The van der Waals surface area contributed by atoms with Crippen LogP contribution < -0.4 is 5.43 Å². The number of halogens is 4. The molecule has 7 nitrogen and oxygen atoms in total. The zero-order chi connectivity index (χ0) is 26.3. The minimum atomic E-state index is -4.49. The average Bonchev–Trinajstić information content (AvgIpc) is 2.86. The molecule has 0 saturated carbocycles. The summed E-state index contributed by atoms with van der Waals surface area (Å²) in [7, 11) is 1.71. The van der Waals surface area contributed by atoms with Crippen molar-refractivity contribution in [3.8, 4) is 22.3 Å². The Morgan fingerprint density at radius 1 is 0.917 bits per heavy atom. The zero-order valence-electron chi connectivity index (χ0n) is 19.4. The molecule has 0 spiro atoms. The van der Waals surface area contributed by atoms with E-state index >= 15 is 0 Å². The molecule has 1 N–H and O–H groups in total. The van der Waals surface area contributed by atoms with Gasteiger partial charge in [0.15, 0.2) is 5.82 Å². The highest BCUT2D eigenvalue weighted by Gasteiger charge is 2.32. The molecule has 3 heterocycles. The monoisotopic (exact) mass is 498 g/mol. The van der Waals surface area contributed by atoms with Crippen molar-refractivity contribution >= 4 is 12.6 Å². The number of nitrogens with one attached hydrogen (secondary N) is 1. The summed E-state index contributed by atoms with van der Waals surface area (Å²) >= 11 is 0. The third-order valence-electron chi connectivity index (χ3n) is 5.06. The average molecular weight is 498 g/mol. The fraction of sp³-hybridized carbons (Fsp3) is 0.160. The third-order valence-corrected chi connectivity index (χ3v) is 5.06. The van der Waals surface area contributed by atoms with Crippen molar-refractivity contribution in [1.29, 1.82) is 0 Å². The van der Waals surface area contributed by atoms with E-state index < -0.39 is 17.8 Å². The zero-order valence-corrected chi connectivity index (χ0v) is 19.4. The van der Waals surface area contributed by atoms with Crippen molar-refractivity contribution in [3.05, 3.63) is 89.9 Å². The highest BCUT2D eigenvalue weighted by molar-refractivity contribution is 5.89. The van der Waals surface area contributed by atoms with Crippen LogP contribution in [0.3, 0.4) is 0 Å². The first-order chi connectivity index (χ1) is 17.2. The van der Waals surface area contributed by atoms with Crippen LogP contribution in [0.25, 0.3) is 22.3 Å². The van der Waals surface area contributed by atoms with E-state index in [0.29, 0.717) is 22.5 Å². The molecule has 3 aromatic heterocycles. The lowest BCUT2D eigenvalue weighted by molar-refractivity contribution is -0.141. The molecule has 186 valence electrons. The molecule has 0 radical (unpaired) electrons. The van der Waals surface area contributed by atoms with E-state index in [0.717, 1.165) is 22.8 Å². The Bertz CT molecular complexity index is 1280. The molecular weight excluding hydrogens is 476 g/mol. The molecule has 0 atom stereocenters. The number of alkyl halides is 3. The van der Waals surface area contributed by atoms with Gasteiger partial charge in [0.25, 0.3) is 0 Å². The van der Waals surface area contributed by atoms with E-state index in [2.05, 4.69) is 25.6 Å². The van der Waals surface area contributed by atoms with Crippen LogP contribution in [0.1, 0.15) is 16.8 Å². The molecular formula is C25H22F4N6O. The summed E-state index contributed by atoms with van der Waals surface area (Å²) in [5.74, 6) is -0.224. The first-order valence-corrected chi connectivity index (χ1v) is 10.5. The van der Waals surface area contributed by atoms with Gasteiger partial charge >= 0.3 is 6.18 Å². The number of aryl methyl sites for hydroxylation is 1. The lowest BCUT2D eigenvalue weighted by atomic mass is 9.97. The Morgan fingerprint density at radius 2 is 1.61 bits per heavy atom. The predicted molar refractivity (Wildman–Crippen MR) is 127 cm³/mol. The number of nitrogens with zero attached hydrogens (tertiary/aromatic N) is 5. The second kappa shape index (κ2) is 11.5. The molecule has 0 unspecified atom stereocenters. The van der Waals surface area contributed by atoms with Crippen LogP contribution in [0.5, 0.6) is 0 Å². The number of hydrogen-bond donors (Lipinski definition) is 1. The minimum absolute atomic E-state index is 0.239. The maximum atomic E-state index is 13.5. The standard InChI is InChI=1S/C24H20F4N6.CH2O/c1-15-3-6-17(7-4-15)19-13-31-32-23(22(19)18-8-10-21(25)30-12-18)33-34(2)14-16-5-9-20(29-11-16)24(26,27)28;1-2/h3-13H,14H2,1-2H3,(H,32,33);1H2. The van der Waals surface area contributed by atoms with Crippen molar-refractivity contribution in [2.24, 2.45) is 0 Å². The Morgan fingerprint density at radius 3 is 2.19 bits per heavy atom. The summed E-state index contributed by atoms with van der Waals surface area (Å²) in [5.41, 5.74) is 6.77. The smallest absolute Gasteiger partial charge is 0.307 e. The summed E-state index contributed by atoms with van der Waals surface area (Å²) in [6.07, 6.45) is -0.281. The number of hydrazine groups is 1. The maximum absolute atomic E-state index is 13.5. The van der Waals surface area contributed by atoms with Crippen molar-refractivity contribution < 1.29 is 22.4 Å². The Labute approximate surface area is 204 Å². The Kier molecular flexibility index (Phi) is 8.38. The quantitative estimate of drug-likeness (QED) is 0.218. The molecule has 36 heavy (non-hydrogen) atoms. The number of anilines is 1. The van der Waals surface area contributed by atoms with Crippen LogP contribution >= 0.6 is 0 Å². The van der Waals surface area contributed by atoms with E-state index in [-0.39, 0.29) is 6.54 Å². The lowest BCUT2D eigenvalue weighted by Crippen LogP contribution is -2.26. The molecule has 0 bridgehead atoms. The first kappa shape index (κ1) is 26.4. The molecule has 0 amide bonds. The van der Waals surface area contributed by atoms with Crippen LogP contribution in [-0.4, -0.2) is 39.0 Å². The molecule has 1 aromatic carbocycles. The van der Waals surface area contributed by atoms with Gasteiger partial charge in [-0.15, -0.1) is 5.10 Å². The van der Waals surface area contributed by atoms with Crippen LogP contribution in [0, 0.1) is 12.9 Å². The molecule has 4 aromatic rings. The number of benzene rings is 1. The minimum Gasteiger partial charge on any atom is -0.307 e. The second-order valence-electron chi connectivity index (χ2n) is 7.73. The van der Waals surface area contributed by atoms with Crippen molar-refractivity contribution in [2.45, 2.75) is 19.6 Å². The summed E-state index contributed by atoms with van der Waals surface area (Å²) in [5, 5.41) is 9.98. The summed E-state index contributed by atoms with van der Waals surface area (Å²) < 4.78 is 51.8. The number of rotatable bonds is 6. The molecule has 4 rings (SSSR count). The van der Waals surface area contributed by atoms with Gasteiger partial charge < -0.3 is 10.2 Å². The SMILES string of the molecule is C=O.Cc1ccc(-c2cnnc(NN(C)Cc3ccc(C(F)(F)F)nc3)c2-c2ccc(F)nc2)cc1. The Balaban J connectivity index is 0.00000176. The highest BCUT2D eigenvalue weighted by atomic mass is 19.4. The Hall–Kier alpha value is -4.25. The van der Waals surface area contributed by atoms with Gasteiger partial charge in [0, 0.05) is 42.7 Å². The highest BCUT2D eigenvalue weighted by Crippen LogP contribution is 2.36. The van der Waals surface area contributed by atoms with E-state index in [9.17, 15) is 17.6 Å². The van der Waals surface area contributed by atoms with Gasteiger partial charge in [-0.25, -0.2) is 9.99 Å². The summed E-state index contributed by atoms with van der Waals surface area (Å²) in [4.78, 5) is 15.3. The summed E-state index contributed by atoms with van der Waals surface area (Å²) in [6, 6.07) is 13.0. The van der Waals surface area contributed by atoms with Crippen molar-refractivity contribution in [2.75, 3.05) is 12.5 Å². The van der Waals surface area contributed by atoms with E-state index in [1.54, 1.807) is 24.3 Å². The van der Waals surface area contributed by atoms with Gasteiger partial charge in [0.2, 0.25) is 5.95 Å². The topological polar surface area (TPSA) is 83.9 Å². The third kappa shape index (κ3) is 6.45. The van der Waals surface area contributed by atoms with Crippen LogP contribution in [0.4, 0.5) is 23.4 Å². The number of aromatic nitrogens is 4. The molecule has 0 saturated heterocycles. The predicted octanol–water partition coefficient (Wildman–Crippen LogP) is 5.34. The summed E-state index contributed by atoms with van der Waals surface area (Å²) in [6.45, 7) is 4.22. The van der Waals surface area contributed by atoms with Gasteiger partial charge in [-0.3, -0.25) is 4.98 Å². The van der Waals surface area contributed by atoms with Crippen LogP contribution in [0.15, 0.2) is 67.1 Å². The van der Waals surface area contributed by atoms with Crippen molar-refractivity contribution in [3.63, 3.8) is 0 Å². The fourth-order valence-electron chi connectivity index (χ4n) is 3.41. The van der Waals surface area contributed by atoms with Gasteiger partial charge in [-0.05, 0) is 36.2 Å². The number of hydrogen-bond acceptors (Lipinski definition) is 7. The van der Waals surface area contributed by atoms with Gasteiger partial charge in [0.1, 0.15) is 12.5 Å². The first-order valence-electron chi connectivity index (χ1n) is 10.5. The number of carbonyl (C=O) groups excluding carboxylic acids is 1. The number of carbonyl (C=O) groups is 1. The van der Waals surface area contributed by atoms with Gasteiger partial charge in [-0.1, -0.05) is 35.9 Å². The van der Waals surface area contributed by atoms with Crippen LogP contribution in [-0.2, 0) is 17.5 Å². The van der Waals surface area contributed by atoms with Crippen molar-refractivity contribution in [1.82, 2.24) is 25.2 Å². The van der Waals surface area contributed by atoms with E-state index in [1.807, 2.05) is 38.0 Å².